The van der Waals surface area contributed by atoms with Crippen LogP contribution >= 0.6 is 0 Å². The third-order valence-corrected chi connectivity index (χ3v) is 4.95. The fraction of sp³-hybridized carbons (Fsp3) is 0.500. The van der Waals surface area contributed by atoms with E-state index in [-0.39, 0.29) is 25.7 Å². The van der Waals surface area contributed by atoms with Gasteiger partial charge in [0.1, 0.15) is 12.1 Å². The van der Waals surface area contributed by atoms with Gasteiger partial charge < -0.3 is 38.3 Å². The Kier molecular flexibility index (Phi) is 12.9. The molecule has 34 heavy (non-hydrogen) atoms. The maximum atomic E-state index is 12.6. The number of hydrogen-bond donors (Lipinski definition) is 7. The SMILES string of the molecule is NCCCCC(NC(=O)C(CCC(N)=O)NC(=O)CNC(=O)C(N)Cc1ccccc1)C(=O)O. The van der Waals surface area contributed by atoms with Crippen molar-refractivity contribution in [1.82, 2.24) is 16.0 Å². The second-order valence-electron chi connectivity index (χ2n) is 7.82. The Balaban J connectivity index is 2.65. The molecule has 12 heteroatoms. The quantitative estimate of drug-likeness (QED) is 0.133. The number of hydrogen-bond acceptors (Lipinski definition) is 7. The first kappa shape index (κ1) is 28.5. The molecule has 0 spiro atoms. The number of unbranched alkanes of at least 4 members (excludes halogenated alkanes) is 1. The zero-order valence-corrected chi connectivity index (χ0v) is 19.0. The van der Waals surface area contributed by atoms with Crippen molar-refractivity contribution in [3.63, 3.8) is 0 Å². The van der Waals surface area contributed by atoms with E-state index in [4.69, 9.17) is 17.2 Å². The van der Waals surface area contributed by atoms with Crippen LogP contribution in [0.1, 0.15) is 37.7 Å². The molecular weight excluding hydrogens is 444 g/mol. The highest BCUT2D eigenvalue weighted by molar-refractivity contribution is 5.92. The molecule has 10 N–H and O–H groups in total. The second kappa shape index (κ2) is 15.3. The smallest absolute Gasteiger partial charge is 0.326 e. The van der Waals surface area contributed by atoms with Crippen LogP contribution in [0.2, 0.25) is 0 Å². The molecule has 3 unspecified atom stereocenters. The van der Waals surface area contributed by atoms with Gasteiger partial charge in [-0.1, -0.05) is 30.3 Å². The van der Waals surface area contributed by atoms with Gasteiger partial charge in [-0.15, -0.1) is 0 Å². The van der Waals surface area contributed by atoms with E-state index in [1.54, 1.807) is 0 Å². The lowest BCUT2D eigenvalue weighted by Crippen LogP contribution is -2.54. The van der Waals surface area contributed by atoms with Gasteiger partial charge in [0.25, 0.3) is 0 Å². The van der Waals surface area contributed by atoms with Gasteiger partial charge in [0, 0.05) is 6.42 Å². The summed E-state index contributed by atoms with van der Waals surface area (Å²) in [6, 6.07) is 5.84. The average molecular weight is 479 g/mol. The number of carboxylic acid groups (broad SMARTS) is 1. The van der Waals surface area contributed by atoms with Crippen molar-refractivity contribution in [3.8, 4) is 0 Å². The number of nitrogens with two attached hydrogens (primary N) is 3. The molecule has 0 radical (unpaired) electrons. The Bertz CT molecular complexity index is 834. The molecule has 0 bridgehead atoms. The predicted molar refractivity (Wildman–Crippen MR) is 124 cm³/mol. The lowest BCUT2D eigenvalue weighted by atomic mass is 10.1. The molecule has 0 aliphatic carbocycles. The maximum absolute atomic E-state index is 12.6. The summed E-state index contributed by atoms with van der Waals surface area (Å²) in [5.74, 6) is -3.96. The largest absolute Gasteiger partial charge is 0.480 e. The van der Waals surface area contributed by atoms with Gasteiger partial charge in [-0.2, -0.15) is 0 Å². The van der Waals surface area contributed by atoms with Crippen molar-refractivity contribution in [2.75, 3.05) is 13.1 Å². The van der Waals surface area contributed by atoms with E-state index in [1.165, 1.54) is 0 Å². The Morgan fingerprint density at radius 3 is 2.18 bits per heavy atom. The van der Waals surface area contributed by atoms with Gasteiger partial charge in [0.2, 0.25) is 23.6 Å². The Morgan fingerprint density at radius 1 is 0.912 bits per heavy atom. The minimum absolute atomic E-state index is 0.135. The molecule has 0 saturated heterocycles. The van der Waals surface area contributed by atoms with Gasteiger partial charge in [0.15, 0.2) is 0 Å². The third kappa shape index (κ3) is 11.4. The molecule has 0 fully saturated rings. The molecule has 1 aromatic carbocycles. The van der Waals surface area contributed by atoms with E-state index < -0.39 is 54.3 Å². The fourth-order valence-electron chi connectivity index (χ4n) is 3.08. The van der Waals surface area contributed by atoms with Crippen molar-refractivity contribution >= 4 is 29.6 Å². The van der Waals surface area contributed by atoms with Crippen molar-refractivity contribution < 1.29 is 29.1 Å². The van der Waals surface area contributed by atoms with E-state index >= 15 is 0 Å². The van der Waals surface area contributed by atoms with Crippen LogP contribution in [0.4, 0.5) is 0 Å². The third-order valence-electron chi connectivity index (χ3n) is 4.95. The lowest BCUT2D eigenvalue weighted by molar-refractivity contribution is -0.142. The molecule has 1 rings (SSSR count). The van der Waals surface area contributed by atoms with Gasteiger partial charge >= 0.3 is 5.97 Å². The second-order valence-corrected chi connectivity index (χ2v) is 7.82. The van der Waals surface area contributed by atoms with Crippen LogP contribution in [0, 0.1) is 0 Å². The summed E-state index contributed by atoms with van der Waals surface area (Å²) < 4.78 is 0. The number of benzene rings is 1. The zero-order valence-electron chi connectivity index (χ0n) is 19.0. The van der Waals surface area contributed by atoms with Crippen LogP contribution in [-0.4, -0.2) is 65.9 Å². The van der Waals surface area contributed by atoms with Crippen LogP contribution in [0.5, 0.6) is 0 Å². The van der Waals surface area contributed by atoms with Crippen molar-refractivity contribution in [1.29, 1.82) is 0 Å². The minimum Gasteiger partial charge on any atom is -0.480 e. The van der Waals surface area contributed by atoms with Crippen molar-refractivity contribution in [3.05, 3.63) is 35.9 Å². The van der Waals surface area contributed by atoms with Crippen LogP contribution in [0.15, 0.2) is 30.3 Å². The summed E-state index contributed by atoms with van der Waals surface area (Å²) >= 11 is 0. The van der Waals surface area contributed by atoms with E-state index in [0.717, 1.165) is 5.56 Å². The number of carbonyl (C=O) groups is 5. The number of carboxylic acids is 1. The lowest BCUT2D eigenvalue weighted by Gasteiger charge is -2.21. The molecule has 3 atom stereocenters. The van der Waals surface area contributed by atoms with Gasteiger partial charge in [0.05, 0.1) is 12.6 Å². The fourth-order valence-corrected chi connectivity index (χ4v) is 3.08. The number of nitrogens with one attached hydrogen (secondary N) is 3. The minimum atomic E-state index is -1.23. The maximum Gasteiger partial charge on any atom is 0.326 e. The van der Waals surface area contributed by atoms with E-state index in [9.17, 15) is 29.1 Å². The topological polar surface area (TPSA) is 220 Å². The van der Waals surface area contributed by atoms with Crippen LogP contribution in [-0.2, 0) is 30.4 Å². The van der Waals surface area contributed by atoms with E-state index in [1.807, 2.05) is 30.3 Å². The highest BCUT2D eigenvalue weighted by atomic mass is 16.4. The number of amides is 4. The van der Waals surface area contributed by atoms with Crippen LogP contribution < -0.4 is 33.2 Å². The van der Waals surface area contributed by atoms with E-state index in [2.05, 4.69) is 16.0 Å². The first-order valence-corrected chi connectivity index (χ1v) is 11.0. The summed E-state index contributed by atoms with van der Waals surface area (Å²) in [7, 11) is 0. The molecule has 0 saturated carbocycles. The van der Waals surface area contributed by atoms with Crippen molar-refractivity contribution in [2.24, 2.45) is 17.2 Å². The molecule has 4 amide bonds. The average Bonchev–Trinajstić information content (AvgIpc) is 2.79. The summed E-state index contributed by atoms with van der Waals surface area (Å²) in [4.78, 5) is 59.7. The monoisotopic (exact) mass is 478 g/mol. The highest BCUT2D eigenvalue weighted by Gasteiger charge is 2.27. The summed E-state index contributed by atoms with van der Waals surface area (Å²) in [6.07, 6.45) is 1.17. The van der Waals surface area contributed by atoms with Gasteiger partial charge in [-0.05, 0) is 44.2 Å². The number of rotatable bonds is 16. The predicted octanol–water partition coefficient (Wildman–Crippen LogP) is -1.88. The number of carbonyl (C=O) groups excluding carboxylic acids is 4. The van der Waals surface area contributed by atoms with Gasteiger partial charge in [-0.25, -0.2) is 4.79 Å². The molecule has 0 aliphatic heterocycles. The van der Waals surface area contributed by atoms with E-state index in [0.29, 0.717) is 19.4 Å². The zero-order chi connectivity index (χ0) is 25.5. The molecule has 1 aromatic rings. The number of aliphatic carboxylic acids is 1. The van der Waals surface area contributed by atoms with Gasteiger partial charge in [-0.3, -0.25) is 19.2 Å². The van der Waals surface area contributed by atoms with Crippen molar-refractivity contribution in [2.45, 2.75) is 56.7 Å². The Morgan fingerprint density at radius 2 is 1.59 bits per heavy atom. The first-order valence-electron chi connectivity index (χ1n) is 11.0. The molecule has 188 valence electrons. The standard InChI is InChI=1S/C22H34N6O6/c23-11-5-4-8-17(22(33)34)28-21(32)16(9-10-18(25)29)27-19(30)13-26-20(31)15(24)12-14-6-2-1-3-7-14/h1-3,6-7,15-17H,4-5,8-13,23-24H2,(H2,25,29)(H,26,31)(H,27,30)(H,28,32)(H,33,34). The van der Waals surface area contributed by atoms with Crippen LogP contribution in [0.3, 0.4) is 0 Å². The summed E-state index contributed by atoms with van der Waals surface area (Å²) in [6.45, 7) is -0.0706. The Labute approximate surface area is 198 Å². The molecule has 0 heterocycles. The van der Waals surface area contributed by atoms with Crippen LogP contribution in [0.25, 0.3) is 0 Å². The number of primary amides is 1. The normalized spacial score (nSPS) is 13.2. The molecule has 0 aliphatic rings. The molecule has 12 nitrogen and oxygen atoms in total. The first-order chi connectivity index (χ1) is 16.1. The highest BCUT2D eigenvalue weighted by Crippen LogP contribution is 2.04. The summed E-state index contributed by atoms with van der Waals surface area (Å²) in [5, 5.41) is 16.5. The molecular formula is C22H34N6O6. The molecule has 0 aromatic heterocycles. The summed E-state index contributed by atoms with van der Waals surface area (Å²) in [5.41, 5.74) is 17.3. The Hall–Kier alpha value is -3.51.